The molecular formula is C21H14O. The smallest absolute Gasteiger partial charge is 0.194 e. The van der Waals surface area contributed by atoms with Crippen LogP contribution in [0.15, 0.2) is 72.8 Å². The molecule has 0 bridgehead atoms. The fourth-order valence-corrected chi connectivity index (χ4v) is 2.91. The topological polar surface area (TPSA) is 17.1 Å². The molecule has 0 saturated carbocycles. The molecule has 0 atom stereocenters. The molecule has 0 N–H and O–H groups in total. The molecule has 22 heavy (non-hydrogen) atoms. The van der Waals surface area contributed by atoms with Crippen molar-refractivity contribution in [2.24, 2.45) is 0 Å². The van der Waals surface area contributed by atoms with E-state index in [-0.39, 0.29) is 5.78 Å². The van der Waals surface area contributed by atoms with E-state index in [9.17, 15) is 4.79 Å². The van der Waals surface area contributed by atoms with E-state index in [2.05, 4.69) is 24.3 Å². The molecule has 1 aliphatic rings. The molecule has 104 valence electrons. The first kappa shape index (κ1) is 12.8. The van der Waals surface area contributed by atoms with Crippen molar-refractivity contribution in [1.29, 1.82) is 0 Å². The Hall–Kier alpha value is -2.93. The summed E-state index contributed by atoms with van der Waals surface area (Å²) in [5.41, 5.74) is 5.89. The van der Waals surface area contributed by atoms with E-state index in [1.807, 2.05) is 60.7 Å². The molecule has 0 spiro atoms. The van der Waals surface area contributed by atoms with Crippen LogP contribution in [0.1, 0.15) is 27.0 Å². The lowest BCUT2D eigenvalue weighted by Gasteiger charge is -2.01. The molecule has 0 aromatic heterocycles. The number of fused-ring (bicyclic) bond motifs is 3. The summed E-state index contributed by atoms with van der Waals surface area (Å²) in [6, 6.07) is 24.1. The Morgan fingerprint density at radius 1 is 0.545 bits per heavy atom. The van der Waals surface area contributed by atoms with Gasteiger partial charge in [-0.1, -0.05) is 78.9 Å². The van der Waals surface area contributed by atoms with Crippen LogP contribution in [0.5, 0.6) is 0 Å². The molecule has 0 amide bonds. The van der Waals surface area contributed by atoms with E-state index in [1.165, 1.54) is 0 Å². The van der Waals surface area contributed by atoms with E-state index >= 15 is 0 Å². The normalized spacial score (nSPS) is 12.5. The van der Waals surface area contributed by atoms with Crippen molar-refractivity contribution in [2.75, 3.05) is 0 Å². The first-order valence-electron chi connectivity index (χ1n) is 7.34. The molecule has 3 aromatic carbocycles. The highest BCUT2D eigenvalue weighted by atomic mass is 16.1. The minimum absolute atomic E-state index is 0.126. The van der Waals surface area contributed by atoms with E-state index < -0.39 is 0 Å². The van der Waals surface area contributed by atoms with Gasteiger partial charge < -0.3 is 0 Å². The molecule has 4 rings (SSSR count). The van der Waals surface area contributed by atoms with E-state index in [0.29, 0.717) is 0 Å². The van der Waals surface area contributed by atoms with Crippen molar-refractivity contribution in [1.82, 2.24) is 0 Å². The quantitative estimate of drug-likeness (QED) is 0.469. The summed E-state index contributed by atoms with van der Waals surface area (Å²) in [5.74, 6) is 0.126. The summed E-state index contributed by atoms with van der Waals surface area (Å²) in [6.07, 6.45) is 4.11. The predicted molar refractivity (Wildman–Crippen MR) is 90.7 cm³/mol. The van der Waals surface area contributed by atoms with Gasteiger partial charge in [0.25, 0.3) is 0 Å². The molecule has 0 aliphatic heterocycles. The van der Waals surface area contributed by atoms with Crippen LogP contribution in [0.2, 0.25) is 0 Å². The Bertz CT molecular complexity index is 889. The van der Waals surface area contributed by atoms with Gasteiger partial charge in [0.1, 0.15) is 0 Å². The number of rotatable bonds is 2. The summed E-state index contributed by atoms with van der Waals surface area (Å²) in [4.78, 5) is 12.5. The van der Waals surface area contributed by atoms with Crippen LogP contribution in [0, 0.1) is 0 Å². The van der Waals surface area contributed by atoms with Gasteiger partial charge in [-0.05, 0) is 28.3 Å². The molecule has 0 fully saturated rings. The van der Waals surface area contributed by atoms with Crippen LogP contribution in [0.4, 0.5) is 0 Å². The molecule has 1 nitrogen and oxygen atoms in total. The highest BCUT2D eigenvalue weighted by Crippen LogP contribution is 2.36. The third-order valence-electron chi connectivity index (χ3n) is 4.02. The third kappa shape index (κ3) is 2.08. The second kappa shape index (κ2) is 5.12. The van der Waals surface area contributed by atoms with E-state index in [4.69, 9.17) is 0 Å². The maximum absolute atomic E-state index is 12.5. The van der Waals surface area contributed by atoms with Crippen molar-refractivity contribution in [3.8, 4) is 11.1 Å². The zero-order chi connectivity index (χ0) is 14.9. The summed E-state index contributed by atoms with van der Waals surface area (Å²) < 4.78 is 0. The number of ketones is 1. The van der Waals surface area contributed by atoms with Gasteiger partial charge in [-0.25, -0.2) is 0 Å². The average Bonchev–Trinajstić information content (AvgIpc) is 2.87. The van der Waals surface area contributed by atoms with Crippen LogP contribution in [-0.4, -0.2) is 5.78 Å². The van der Waals surface area contributed by atoms with Crippen molar-refractivity contribution in [3.63, 3.8) is 0 Å². The molecular weight excluding hydrogens is 268 g/mol. The van der Waals surface area contributed by atoms with Gasteiger partial charge >= 0.3 is 0 Å². The van der Waals surface area contributed by atoms with Gasteiger partial charge in [0, 0.05) is 11.1 Å². The van der Waals surface area contributed by atoms with Crippen LogP contribution in [0.3, 0.4) is 0 Å². The van der Waals surface area contributed by atoms with Gasteiger partial charge in [0.05, 0.1) is 0 Å². The first-order valence-corrected chi connectivity index (χ1v) is 7.34. The van der Waals surface area contributed by atoms with E-state index in [0.717, 1.165) is 33.4 Å². The zero-order valence-electron chi connectivity index (χ0n) is 12.0. The maximum Gasteiger partial charge on any atom is 0.194 e. The van der Waals surface area contributed by atoms with Crippen molar-refractivity contribution in [3.05, 3.63) is 95.1 Å². The summed E-state index contributed by atoms with van der Waals surface area (Å²) in [5, 5.41) is 0. The monoisotopic (exact) mass is 282 g/mol. The Labute approximate surface area is 129 Å². The molecule has 0 unspecified atom stereocenters. The lowest BCUT2D eigenvalue weighted by atomic mass is 10.0. The number of carbonyl (C=O) groups is 1. The van der Waals surface area contributed by atoms with Crippen LogP contribution in [0.25, 0.3) is 23.3 Å². The largest absolute Gasteiger partial charge is 0.289 e. The van der Waals surface area contributed by atoms with Crippen LogP contribution in [-0.2, 0) is 0 Å². The van der Waals surface area contributed by atoms with Gasteiger partial charge in [-0.2, -0.15) is 0 Å². The fraction of sp³-hybridized carbons (Fsp3) is 0. The van der Waals surface area contributed by atoms with Crippen LogP contribution < -0.4 is 0 Å². The Kier molecular flexibility index (Phi) is 2.97. The lowest BCUT2D eigenvalue weighted by Crippen LogP contribution is -1.94. The van der Waals surface area contributed by atoms with Crippen molar-refractivity contribution >= 4 is 17.9 Å². The molecule has 0 radical (unpaired) electrons. The standard InChI is InChI=1S/C21H14O/c22-21-19-9-5-4-8-17(19)18-13-12-16(14-20(18)21)11-10-15-6-2-1-3-7-15/h1-14H/b11-10-. The summed E-state index contributed by atoms with van der Waals surface area (Å²) in [6.45, 7) is 0. The predicted octanol–water partition coefficient (Wildman–Crippen LogP) is 5.07. The lowest BCUT2D eigenvalue weighted by molar-refractivity contribution is 0.104. The Morgan fingerprint density at radius 2 is 1.18 bits per heavy atom. The second-order valence-electron chi connectivity index (χ2n) is 5.42. The van der Waals surface area contributed by atoms with Gasteiger partial charge in [0.2, 0.25) is 0 Å². The minimum Gasteiger partial charge on any atom is -0.289 e. The highest BCUT2D eigenvalue weighted by molar-refractivity contribution is 6.21. The van der Waals surface area contributed by atoms with Crippen LogP contribution >= 0.6 is 0 Å². The number of hydrogen-bond donors (Lipinski definition) is 0. The SMILES string of the molecule is O=C1c2ccccc2-c2ccc(/C=C\c3ccccc3)cc21. The molecule has 3 aromatic rings. The highest BCUT2D eigenvalue weighted by Gasteiger charge is 2.25. The van der Waals surface area contributed by atoms with Gasteiger partial charge in [-0.15, -0.1) is 0 Å². The summed E-state index contributed by atoms with van der Waals surface area (Å²) in [7, 11) is 0. The fourth-order valence-electron chi connectivity index (χ4n) is 2.91. The number of benzene rings is 3. The molecule has 1 heteroatoms. The maximum atomic E-state index is 12.5. The number of carbonyl (C=O) groups excluding carboxylic acids is 1. The third-order valence-corrected chi connectivity index (χ3v) is 4.02. The zero-order valence-corrected chi connectivity index (χ0v) is 12.0. The first-order chi connectivity index (χ1) is 10.8. The van der Waals surface area contributed by atoms with Crippen molar-refractivity contribution < 1.29 is 4.79 Å². The minimum atomic E-state index is 0.126. The second-order valence-corrected chi connectivity index (χ2v) is 5.42. The number of hydrogen-bond acceptors (Lipinski definition) is 1. The van der Waals surface area contributed by atoms with Gasteiger partial charge in [-0.3, -0.25) is 4.79 Å². The average molecular weight is 282 g/mol. The molecule has 0 heterocycles. The Balaban J connectivity index is 1.72. The van der Waals surface area contributed by atoms with E-state index in [1.54, 1.807) is 0 Å². The Morgan fingerprint density at radius 3 is 2.00 bits per heavy atom. The van der Waals surface area contributed by atoms with Gasteiger partial charge in [0.15, 0.2) is 5.78 Å². The molecule has 1 aliphatic carbocycles. The molecule has 0 saturated heterocycles. The summed E-state index contributed by atoms with van der Waals surface area (Å²) >= 11 is 0. The van der Waals surface area contributed by atoms with Crippen molar-refractivity contribution in [2.45, 2.75) is 0 Å².